The molecule has 0 unspecified atom stereocenters. The Morgan fingerprint density at radius 2 is 1.87 bits per heavy atom. The second-order valence-electron chi connectivity index (χ2n) is 7.76. The Hall–Kier alpha value is -2.82. The number of fused-ring (bicyclic) bond motifs is 1. The fourth-order valence-electron chi connectivity index (χ4n) is 2.97. The Balaban J connectivity index is 1.90. The molecule has 0 fully saturated rings. The van der Waals surface area contributed by atoms with Gasteiger partial charge >= 0.3 is 6.18 Å². The standard InChI is InChI=1S/C19H27F3N8/c1-7-23-16-15-12(19(20,21)22)8-25-17(15)27-14(26-16)9-24-13-10-30(28-11(13)2)18(3,4)29(5)6/h8,10,24H,7,9H2,1-6H3,(H2,23,25,26,27). The van der Waals surface area contributed by atoms with Gasteiger partial charge in [0.25, 0.3) is 0 Å². The Morgan fingerprint density at radius 3 is 2.47 bits per heavy atom. The first-order valence-electron chi connectivity index (χ1n) is 9.62. The van der Waals surface area contributed by atoms with Crippen molar-refractivity contribution in [1.82, 2.24) is 29.6 Å². The van der Waals surface area contributed by atoms with Crippen molar-refractivity contribution in [2.45, 2.75) is 46.1 Å². The Morgan fingerprint density at radius 1 is 1.17 bits per heavy atom. The van der Waals surface area contributed by atoms with Gasteiger partial charge in [-0.05, 0) is 41.8 Å². The Kier molecular flexibility index (Phi) is 5.68. The van der Waals surface area contributed by atoms with Crippen molar-refractivity contribution in [2.24, 2.45) is 0 Å². The molecule has 3 heterocycles. The molecule has 30 heavy (non-hydrogen) atoms. The van der Waals surface area contributed by atoms with Crippen LogP contribution in [-0.2, 0) is 18.4 Å². The largest absolute Gasteiger partial charge is 0.418 e. The number of hydrogen-bond acceptors (Lipinski definition) is 6. The third kappa shape index (κ3) is 4.07. The van der Waals surface area contributed by atoms with E-state index in [9.17, 15) is 13.2 Å². The molecule has 11 heteroatoms. The molecule has 0 radical (unpaired) electrons. The predicted molar refractivity (Wildman–Crippen MR) is 110 cm³/mol. The van der Waals surface area contributed by atoms with Gasteiger partial charge in [0.2, 0.25) is 0 Å². The number of aromatic amines is 1. The Bertz CT molecular complexity index is 1030. The van der Waals surface area contributed by atoms with Crippen LogP contribution in [0.2, 0.25) is 0 Å². The van der Waals surface area contributed by atoms with Gasteiger partial charge in [-0.1, -0.05) is 0 Å². The number of rotatable bonds is 7. The third-order valence-electron chi connectivity index (χ3n) is 5.22. The molecule has 3 aromatic heterocycles. The predicted octanol–water partition coefficient (Wildman–Crippen LogP) is 3.78. The molecule has 164 valence electrons. The van der Waals surface area contributed by atoms with Crippen molar-refractivity contribution in [3.05, 3.63) is 29.5 Å². The van der Waals surface area contributed by atoms with E-state index in [4.69, 9.17) is 0 Å². The summed E-state index contributed by atoms with van der Waals surface area (Å²) in [5.74, 6) is 0.530. The van der Waals surface area contributed by atoms with Crippen LogP contribution in [-0.4, -0.2) is 50.3 Å². The van der Waals surface area contributed by atoms with Crippen molar-refractivity contribution < 1.29 is 13.2 Å². The average molecular weight is 424 g/mol. The molecule has 3 N–H and O–H groups in total. The van der Waals surface area contributed by atoms with Crippen molar-refractivity contribution in [3.63, 3.8) is 0 Å². The van der Waals surface area contributed by atoms with Crippen LogP contribution in [0.25, 0.3) is 11.0 Å². The molecular weight excluding hydrogens is 397 g/mol. The number of aryl methyl sites for hydroxylation is 1. The number of nitrogens with zero attached hydrogens (tertiary/aromatic N) is 5. The SMILES string of the molecule is CCNc1nc(CNc2cn(C(C)(C)N(C)C)nc2C)nc2[nH]cc(C(F)(F)F)c12. The molecule has 3 rings (SSSR count). The molecule has 0 bridgehead atoms. The minimum atomic E-state index is -4.49. The Labute approximate surface area is 172 Å². The van der Waals surface area contributed by atoms with E-state index in [1.54, 1.807) is 6.92 Å². The fraction of sp³-hybridized carbons (Fsp3) is 0.526. The van der Waals surface area contributed by atoms with Crippen LogP contribution in [0.3, 0.4) is 0 Å². The molecule has 0 spiro atoms. The highest BCUT2D eigenvalue weighted by atomic mass is 19.4. The summed E-state index contributed by atoms with van der Waals surface area (Å²) in [6.07, 6.45) is -1.67. The second-order valence-corrected chi connectivity index (χ2v) is 7.76. The van der Waals surface area contributed by atoms with Crippen LogP contribution in [0.5, 0.6) is 0 Å². The van der Waals surface area contributed by atoms with Gasteiger partial charge in [0.05, 0.1) is 35.1 Å². The van der Waals surface area contributed by atoms with E-state index in [1.165, 1.54) is 0 Å². The highest BCUT2D eigenvalue weighted by Gasteiger charge is 2.35. The lowest BCUT2D eigenvalue weighted by Gasteiger charge is -2.32. The average Bonchev–Trinajstić information content (AvgIpc) is 3.24. The maximum Gasteiger partial charge on any atom is 0.418 e. The molecule has 0 aromatic carbocycles. The summed E-state index contributed by atoms with van der Waals surface area (Å²) in [5.41, 5.74) is 0.650. The number of halogens is 3. The first-order valence-corrected chi connectivity index (χ1v) is 9.62. The van der Waals surface area contributed by atoms with E-state index in [2.05, 4.69) is 30.7 Å². The molecule has 8 nitrogen and oxygen atoms in total. The van der Waals surface area contributed by atoms with E-state index in [-0.39, 0.29) is 29.1 Å². The quantitative estimate of drug-likeness (QED) is 0.535. The van der Waals surface area contributed by atoms with Crippen LogP contribution >= 0.6 is 0 Å². The fourth-order valence-corrected chi connectivity index (χ4v) is 2.97. The van der Waals surface area contributed by atoms with Gasteiger partial charge < -0.3 is 15.6 Å². The number of aromatic nitrogens is 5. The van der Waals surface area contributed by atoms with E-state index < -0.39 is 11.7 Å². The molecule has 0 atom stereocenters. The number of H-pyrrole nitrogens is 1. The lowest BCUT2D eigenvalue weighted by Crippen LogP contribution is -2.41. The van der Waals surface area contributed by atoms with E-state index in [0.717, 1.165) is 17.6 Å². The zero-order valence-electron chi connectivity index (χ0n) is 17.9. The van der Waals surface area contributed by atoms with Gasteiger partial charge in [-0.3, -0.25) is 9.58 Å². The topological polar surface area (TPSA) is 86.7 Å². The lowest BCUT2D eigenvalue weighted by atomic mass is 10.2. The summed E-state index contributed by atoms with van der Waals surface area (Å²) in [7, 11) is 3.95. The monoisotopic (exact) mass is 424 g/mol. The lowest BCUT2D eigenvalue weighted by molar-refractivity contribution is -0.136. The first kappa shape index (κ1) is 21.9. The van der Waals surface area contributed by atoms with Gasteiger partial charge in [-0.25, -0.2) is 9.97 Å². The molecule has 0 amide bonds. The molecular formula is C19H27F3N8. The number of nitrogens with one attached hydrogen (secondary N) is 3. The van der Waals surface area contributed by atoms with Crippen molar-refractivity contribution in [1.29, 1.82) is 0 Å². The summed E-state index contributed by atoms with van der Waals surface area (Å²) in [6, 6.07) is 0. The normalized spacial score (nSPS) is 12.7. The van der Waals surface area contributed by atoms with Gasteiger partial charge in [-0.15, -0.1) is 0 Å². The molecule has 0 saturated heterocycles. The molecule has 0 saturated carbocycles. The summed E-state index contributed by atoms with van der Waals surface area (Å²) in [5, 5.41) is 10.7. The highest BCUT2D eigenvalue weighted by molar-refractivity contribution is 5.91. The third-order valence-corrected chi connectivity index (χ3v) is 5.22. The zero-order valence-corrected chi connectivity index (χ0v) is 17.9. The van der Waals surface area contributed by atoms with E-state index in [1.807, 2.05) is 50.6 Å². The molecule has 0 aliphatic carbocycles. The minimum Gasteiger partial charge on any atom is -0.375 e. The van der Waals surface area contributed by atoms with Crippen LogP contribution in [0, 0.1) is 6.92 Å². The number of hydrogen-bond donors (Lipinski definition) is 3. The molecule has 0 aliphatic heterocycles. The van der Waals surface area contributed by atoms with Crippen molar-refractivity contribution >= 4 is 22.5 Å². The van der Waals surface area contributed by atoms with Gasteiger partial charge in [0, 0.05) is 12.7 Å². The summed E-state index contributed by atoms with van der Waals surface area (Å²) < 4.78 is 41.8. The summed E-state index contributed by atoms with van der Waals surface area (Å²) >= 11 is 0. The summed E-state index contributed by atoms with van der Waals surface area (Å²) in [6.45, 7) is 8.46. The van der Waals surface area contributed by atoms with E-state index in [0.29, 0.717) is 12.4 Å². The second kappa shape index (κ2) is 7.78. The number of anilines is 2. The number of alkyl halides is 3. The smallest absolute Gasteiger partial charge is 0.375 e. The van der Waals surface area contributed by atoms with Crippen LogP contribution in [0.15, 0.2) is 12.4 Å². The maximum absolute atomic E-state index is 13.3. The van der Waals surface area contributed by atoms with Crippen molar-refractivity contribution in [3.8, 4) is 0 Å². The van der Waals surface area contributed by atoms with E-state index >= 15 is 0 Å². The maximum atomic E-state index is 13.3. The van der Waals surface area contributed by atoms with Gasteiger partial charge in [0.15, 0.2) is 5.82 Å². The summed E-state index contributed by atoms with van der Waals surface area (Å²) in [4.78, 5) is 13.3. The zero-order chi connectivity index (χ0) is 22.3. The first-order chi connectivity index (χ1) is 13.9. The van der Waals surface area contributed by atoms with Gasteiger partial charge in [-0.2, -0.15) is 18.3 Å². The van der Waals surface area contributed by atoms with Crippen LogP contribution in [0.1, 0.15) is 37.9 Å². The molecule has 0 aliphatic rings. The van der Waals surface area contributed by atoms with Crippen LogP contribution in [0.4, 0.5) is 24.7 Å². The minimum absolute atomic E-state index is 0.0511. The van der Waals surface area contributed by atoms with Gasteiger partial charge in [0.1, 0.15) is 17.1 Å². The van der Waals surface area contributed by atoms with Crippen molar-refractivity contribution in [2.75, 3.05) is 31.3 Å². The highest BCUT2D eigenvalue weighted by Crippen LogP contribution is 2.37. The molecule has 3 aromatic rings. The van der Waals surface area contributed by atoms with Crippen LogP contribution < -0.4 is 10.6 Å².